The Labute approximate surface area is 56.5 Å². The van der Waals surface area contributed by atoms with Crippen molar-refractivity contribution in [3.8, 4) is 0 Å². The molecular formula is C5H12NO2S. The highest BCUT2D eigenvalue weighted by atomic mass is 32.2. The summed E-state index contributed by atoms with van der Waals surface area (Å²) in [6.07, 6.45) is 1.71. The molecule has 0 saturated heterocycles. The molecule has 0 aromatic heterocycles. The number of rotatable bonds is 3. The Morgan fingerprint density at radius 3 is 2.22 bits per heavy atom. The van der Waals surface area contributed by atoms with Crippen LogP contribution in [0, 0.1) is 6.92 Å². The van der Waals surface area contributed by atoms with Crippen molar-refractivity contribution in [2.24, 2.45) is 0 Å². The molecule has 0 spiro atoms. The van der Waals surface area contributed by atoms with Gasteiger partial charge in [-0.1, -0.05) is 6.92 Å². The van der Waals surface area contributed by atoms with Gasteiger partial charge in [-0.05, 0) is 13.3 Å². The molecule has 1 N–H and O–H groups in total. The fraction of sp³-hybridized carbons (Fsp3) is 0.800. The molecule has 0 aromatic carbocycles. The first kappa shape index (κ1) is 8.91. The summed E-state index contributed by atoms with van der Waals surface area (Å²) < 4.78 is 23.3. The molecule has 0 heterocycles. The molecule has 0 aliphatic rings. The van der Waals surface area contributed by atoms with E-state index in [9.17, 15) is 8.42 Å². The van der Waals surface area contributed by atoms with E-state index >= 15 is 0 Å². The third kappa shape index (κ3) is 5.79. The molecule has 0 aliphatic heterocycles. The molecule has 1 unspecified atom stereocenters. The normalized spacial score (nSPS) is 15.4. The second-order valence-corrected chi connectivity index (χ2v) is 3.86. The van der Waals surface area contributed by atoms with Crippen LogP contribution in [0.5, 0.6) is 0 Å². The predicted octanol–water partition coefficient (Wildman–Crippen LogP) is 0.148. The van der Waals surface area contributed by atoms with Crippen LogP contribution in [0.2, 0.25) is 0 Å². The predicted molar refractivity (Wildman–Crippen MR) is 37.4 cm³/mol. The van der Waals surface area contributed by atoms with E-state index in [1.54, 1.807) is 6.92 Å². The van der Waals surface area contributed by atoms with Gasteiger partial charge in [0.15, 0.2) is 0 Å². The lowest BCUT2D eigenvalue weighted by molar-refractivity contribution is 0.567. The van der Waals surface area contributed by atoms with Crippen LogP contribution < -0.4 is 4.72 Å². The second-order valence-electron chi connectivity index (χ2n) is 2.08. The fourth-order valence-corrected chi connectivity index (χ4v) is 1.27. The van der Waals surface area contributed by atoms with Gasteiger partial charge in [-0.25, -0.2) is 13.1 Å². The fourth-order valence-electron chi connectivity index (χ4n) is 0.424. The number of hydrogen-bond acceptors (Lipinski definition) is 2. The minimum atomic E-state index is -3.03. The molecule has 3 nitrogen and oxygen atoms in total. The second kappa shape index (κ2) is 3.17. The minimum Gasteiger partial charge on any atom is -0.213 e. The summed E-state index contributed by atoms with van der Waals surface area (Å²) in [5, 5.41) is 0. The van der Waals surface area contributed by atoms with E-state index in [4.69, 9.17) is 0 Å². The van der Waals surface area contributed by atoms with Crippen LogP contribution in [0.15, 0.2) is 0 Å². The van der Waals surface area contributed by atoms with Crippen LogP contribution in [0.3, 0.4) is 0 Å². The van der Waals surface area contributed by atoms with Gasteiger partial charge in [0, 0.05) is 6.04 Å². The molecule has 0 rings (SSSR count). The average molecular weight is 150 g/mol. The lowest BCUT2D eigenvalue weighted by Gasteiger charge is -2.07. The molecule has 0 saturated carbocycles. The van der Waals surface area contributed by atoms with Crippen molar-refractivity contribution in [1.82, 2.24) is 4.72 Å². The molecule has 0 aliphatic carbocycles. The van der Waals surface area contributed by atoms with Gasteiger partial charge in [0.2, 0.25) is 10.0 Å². The highest BCUT2D eigenvalue weighted by molar-refractivity contribution is 7.88. The molecule has 9 heavy (non-hydrogen) atoms. The smallest absolute Gasteiger partial charge is 0.208 e. The zero-order valence-corrected chi connectivity index (χ0v) is 6.53. The van der Waals surface area contributed by atoms with Crippen molar-refractivity contribution in [2.45, 2.75) is 19.4 Å². The van der Waals surface area contributed by atoms with Crippen molar-refractivity contribution in [3.63, 3.8) is 0 Å². The van der Waals surface area contributed by atoms with E-state index in [2.05, 4.69) is 11.6 Å². The van der Waals surface area contributed by atoms with E-state index in [0.29, 0.717) is 6.42 Å². The molecule has 1 radical (unpaired) electrons. The van der Waals surface area contributed by atoms with Gasteiger partial charge in [-0.15, -0.1) is 0 Å². The van der Waals surface area contributed by atoms with E-state index in [0.717, 1.165) is 6.26 Å². The monoisotopic (exact) mass is 150 g/mol. The van der Waals surface area contributed by atoms with E-state index in [-0.39, 0.29) is 6.04 Å². The van der Waals surface area contributed by atoms with Crippen molar-refractivity contribution in [2.75, 3.05) is 6.26 Å². The molecule has 1 atom stereocenters. The summed E-state index contributed by atoms with van der Waals surface area (Å²) in [5.74, 6) is 0. The molecule has 4 heteroatoms. The van der Waals surface area contributed by atoms with Crippen LogP contribution in [0.1, 0.15) is 13.3 Å². The zero-order chi connectivity index (χ0) is 7.49. The summed E-state index contributed by atoms with van der Waals surface area (Å²) in [6, 6.07) is -0.0556. The summed E-state index contributed by atoms with van der Waals surface area (Å²) in [6.45, 7) is 5.31. The van der Waals surface area contributed by atoms with Crippen molar-refractivity contribution in [1.29, 1.82) is 0 Å². The van der Waals surface area contributed by atoms with Crippen LogP contribution in [-0.2, 0) is 10.0 Å². The Bertz CT molecular complexity index is 162. The molecule has 0 bridgehead atoms. The van der Waals surface area contributed by atoms with Crippen molar-refractivity contribution >= 4 is 10.0 Å². The van der Waals surface area contributed by atoms with Gasteiger partial charge >= 0.3 is 0 Å². The number of hydrogen-bond donors (Lipinski definition) is 1. The van der Waals surface area contributed by atoms with Gasteiger partial charge in [0.05, 0.1) is 6.26 Å². The maximum Gasteiger partial charge on any atom is 0.208 e. The SMILES string of the molecule is [CH2]CC(C)NS(C)(=O)=O. The van der Waals surface area contributed by atoms with Crippen molar-refractivity contribution < 1.29 is 8.42 Å². The van der Waals surface area contributed by atoms with Gasteiger partial charge in [-0.3, -0.25) is 0 Å². The topological polar surface area (TPSA) is 46.2 Å². The van der Waals surface area contributed by atoms with Crippen LogP contribution >= 0.6 is 0 Å². The minimum absolute atomic E-state index is 0.0556. The molecule has 0 fully saturated rings. The van der Waals surface area contributed by atoms with Gasteiger partial charge in [-0.2, -0.15) is 0 Å². The van der Waals surface area contributed by atoms with E-state index in [1.165, 1.54) is 0 Å². The van der Waals surface area contributed by atoms with Gasteiger partial charge in [0.25, 0.3) is 0 Å². The van der Waals surface area contributed by atoms with Gasteiger partial charge < -0.3 is 0 Å². The first-order valence-electron chi connectivity index (χ1n) is 2.72. The summed E-state index contributed by atoms with van der Waals surface area (Å²) in [5.41, 5.74) is 0. The Kier molecular flexibility index (Phi) is 3.14. The van der Waals surface area contributed by atoms with Crippen LogP contribution in [-0.4, -0.2) is 20.7 Å². The number of nitrogens with one attached hydrogen (secondary N) is 1. The van der Waals surface area contributed by atoms with Crippen LogP contribution in [0.25, 0.3) is 0 Å². The third-order valence-corrected chi connectivity index (χ3v) is 1.68. The average Bonchev–Trinajstić information content (AvgIpc) is 1.62. The summed E-state index contributed by atoms with van der Waals surface area (Å²) >= 11 is 0. The Balaban J connectivity index is 3.75. The zero-order valence-electron chi connectivity index (χ0n) is 5.72. The van der Waals surface area contributed by atoms with Gasteiger partial charge in [0.1, 0.15) is 0 Å². The first-order chi connectivity index (χ1) is 3.95. The van der Waals surface area contributed by atoms with E-state index < -0.39 is 10.0 Å². The first-order valence-corrected chi connectivity index (χ1v) is 4.61. The maximum absolute atomic E-state index is 10.5. The quantitative estimate of drug-likeness (QED) is 0.622. The standard InChI is InChI=1S/C5H12NO2S/c1-4-5(2)6-9(3,7)8/h5-6H,1,4H2,2-3H3. The Morgan fingerprint density at radius 1 is 1.67 bits per heavy atom. The molecular weight excluding hydrogens is 138 g/mol. The lowest BCUT2D eigenvalue weighted by Crippen LogP contribution is -2.30. The largest absolute Gasteiger partial charge is 0.213 e. The third-order valence-electron chi connectivity index (χ3n) is 0.848. The Hall–Kier alpha value is -0.0900. The molecule has 0 amide bonds. The molecule has 0 aromatic rings. The summed E-state index contributed by atoms with van der Waals surface area (Å²) in [7, 11) is -3.03. The maximum atomic E-state index is 10.5. The highest BCUT2D eigenvalue weighted by Crippen LogP contribution is 1.88. The Morgan fingerprint density at radius 2 is 2.11 bits per heavy atom. The summed E-state index contributed by atoms with van der Waals surface area (Å²) in [4.78, 5) is 0. The molecule has 55 valence electrons. The highest BCUT2D eigenvalue weighted by Gasteiger charge is 2.04. The van der Waals surface area contributed by atoms with Crippen LogP contribution in [0.4, 0.5) is 0 Å². The lowest BCUT2D eigenvalue weighted by atomic mass is 10.3. The number of sulfonamides is 1. The van der Waals surface area contributed by atoms with E-state index in [1.807, 2.05) is 0 Å². The van der Waals surface area contributed by atoms with Crippen molar-refractivity contribution in [3.05, 3.63) is 6.92 Å².